The summed E-state index contributed by atoms with van der Waals surface area (Å²) in [5, 5.41) is 2.91. The van der Waals surface area contributed by atoms with Crippen LogP contribution >= 0.6 is 0 Å². The molecule has 41 heavy (non-hydrogen) atoms. The molecule has 0 saturated carbocycles. The molecular formula is C32H40FN3O4S. The van der Waals surface area contributed by atoms with Crippen LogP contribution in [0.1, 0.15) is 48.9 Å². The van der Waals surface area contributed by atoms with Crippen molar-refractivity contribution in [2.24, 2.45) is 0 Å². The number of aryl methyl sites for hydroxylation is 2. The molecule has 0 aliphatic rings. The molecule has 0 fully saturated rings. The van der Waals surface area contributed by atoms with Crippen LogP contribution in [0.3, 0.4) is 0 Å². The predicted octanol–water partition coefficient (Wildman–Crippen LogP) is 5.15. The van der Waals surface area contributed by atoms with Gasteiger partial charge in [0.15, 0.2) is 0 Å². The standard InChI is InChI=1S/C32H40FN3O4S/c1-23(2)34-32(38)30(21-26-12-7-6-8-13-26)35(22-27-14-9-10-15-28(27)33)31(37)16-11-19-36(41(5,39)40)29-20-24(3)17-18-25(29)4/h6-10,12-15,17-18,20,23,30H,11,16,19,21-22H2,1-5H3,(H,34,38). The number of nitrogens with one attached hydrogen (secondary N) is 1. The van der Waals surface area contributed by atoms with Crippen LogP contribution in [-0.2, 0) is 32.6 Å². The lowest BCUT2D eigenvalue weighted by atomic mass is 10.0. The van der Waals surface area contributed by atoms with Gasteiger partial charge in [0.2, 0.25) is 21.8 Å². The van der Waals surface area contributed by atoms with Crippen LogP contribution in [0.25, 0.3) is 0 Å². The highest BCUT2D eigenvalue weighted by Gasteiger charge is 2.31. The van der Waals surface area contributed by atoms with Crippen molar-refractivity contribution >= 4 is 27.5 Å². The van der Waals surface area contributed by atoms with Crippen LogP contribution in [0, 0.1) is 19.7 Å². The zero-order valence-electron chi connectivity index (χ0n) is 24.4. The zero-order valence-corrected chi connectivity index (χ0v) is 25.2. The monoisotopic (exact) mass is 581 g/mol. The number of anilines is 1. The first-order valence-corrected chi connectivity index (χ1v) is 15.6. The van der Waals surface area contributed by atoms with Crippen LogP contribution in [0.2, 0.25) is 0 Å². The number of amides is 2. The number of halogens is 1. The Bertz CT molecular complexity index is 1440. The Balaban J connectivity index is 1.91. The zero-order chi connectivity index (χ0) is 30.2. The molecule has 1 atom stereocenters. The first-order valence-electron chi connectivity index (χ1n) is 13.8. The molecule has 220 valence electrons. The maximum Gasteiger partial charge on any atom is 0.243 e. The average molecular weight is 582 g/mol. The summed E-state index contributed by atoms with van der Waals surface area (Å²) in [4.78, 5) is 28.7. The molecule has 0 saturated heterocycles. The van der Waals surface area contributed by atoms with Gasteiger partial charge in [0.05, 0.1) is 11.9 Å². The van der Waals surface area contributed by atoms with Gasteiger partial charge in [-0.3, -0.25) is 13.9 Å². The Morgan fingerprint density at radius 2 is 1.61 bits per heavy atom. The minimum Gasteiger partial charge on any atom is -0.352 e. The summed E-state index contributed by atoms with van der Waals surface area (Å²) in [6.45, 7) is 7.41. The van der Waals surface area contributed by atoms with E-state index in [1.165, 1.54) is 15.3 Å². The van der Waals surface area contributed by atoms with E-state index in [2.05, 4.69) is 5.32 Å². The SMILES string of the molecule is Cc1ccc(C)c(N(CCCC(=O)N(Cc2ccccc2F)C(Cc2ccccc2)C(=O)NC(C)C)S(C)(=O)=O)c1. The van der Waals surface area contributed by atoms with Crippen molar-refractivity contribution in [1.82, 2.24) is 10.2 Å². The molecule has 0 spiro atoms. The number of sulfonamides is 1. The number of hydrogen-bond acceptors (Lipinski definition) is 4. The Kier molecular flexibility index (Phi) is 11.1. The highest BCUT2D eigenvalue weighted by molar-refractivity contribution is 7.92. The maximum atomic E-state index is 14.8. The fourth-order valence-electron chi connectivity index (χ4n) is 4.72. The summed E-state index contributed by atoms with van der Waals surface area (Å²) >= 11 is 0. The average Bonchev–Trinajstić information content (AvgIpc) is 2.90. The number of carbonyl (C=O) groups excluding carboxylic acids is 2. The lowest BCUT2D eigenvalue weighted by Gasteiger charge is -2.32. The number of benzene rings is 3. The van der Waals surface area contributed by atoms with E-state index in [0.29, 0.717) is 11.3 Å². The Hall–Kier alpha value is -3.72. The third-order valence-corrected chi connectivity index (χ3v) is 7.97. The van der Waals surface area contributed by atoms with Crippen LogP contribution in [0.15, 0.2) is 72.8 Å². The number of hydrogen-bond donors (Lipinski definition) is 1. The van der Waals surface area contributed by atoms with Gasteiger partial charge in [-0.25, -0.2) is 12.8 Å². The molecule has 0 aromatic heterocycles. The van der Waals surface area contributed by atoms with Gasteiger partial charge in [0.25, 0.3) is 0 Å². The molecule has 1 unspecified atom stereocenters. The molecule has 0 radical (unpaired) electrons. The number of nitrogens with zero attached hydrogens (tertiary/aromatic N) is 2. The Labute approximate surface area is 243 Å². The van der Waals surface area contributed by atoms with Crippen molar-refractivity contribution < 1.29 is 22.4 Å². The largest absolute Gasteiger partial charge is 0.352 e. The molecule has 2 amide bonds. The minimum atomic E-state index is -3.62. The van der Waals surface area contributed by atoms with E-state index in [4.69, 9.17) is 0 Å². The summed E-state index contributed by atoms with van der Waals surface area (Å²) in [5.74, 6) is -1.16. The van der Waals surface area contributed by atoms with Gasteiger partial charge in [0, 0.05) is 37.5 Å². The van der Waals surface area contributed by atoms with Gasteiger partial charge in [-0.15, -0.1) is 0 Å². The summed E-state index contributed by atoms with van der Waals surface area (Å²) < 4.78 is 41.5. The summed E-state index contributed by atoms with van der Waals surface area (Å²) in [7, 11) is -3.62. The van der Waals surface area contributed by atoms with Crippen molar-refractivity contribution in [3.63, 3.8) is 0 Å². The molecule has 3 rings (SSSR count). The first kappa shape index (κ1) is 31.8. The van der Waals surface area contributed by atoms with Crippen LogP contribution < -0.4 is 9.62 Å². The van der Waals surface area contributed by atoms with E-state index >= 15 is 0 Å². The lowest BCUT2D eigenvalue weighted by molar-refractivity contribution is -0.141. The number of carbonyl (C=O) groups is 2. The van der Waals surface area contributed by atoms with E-state index in [0.717, 1.165) is 22.9 Å². The lowest BCUT2D eigenvalue weighted by Crippen LogP contribution is -2.52. The minimum absolute atomic E-state index is 0.0222. The van der Waals surface area contributed by atoms with Crippen LogP contribution in [-0.4, -0.2) is 50.0 Å². The predicted molar refractivity (Wildman–Crippen MR) is 162 cm³/mol. The van der Waals surface area contributed by atoms with E-state index in [1.807, 2.05) is 76.2 Å². The van der Waals surface area contributed by atoms with E-state index < -0.39 is 21.9 Å². The molecule has 0 heterocycles. The van der Waals surface area contributed by atoms with Crippen molar-refractivity contribution in [3.8, 4) is 0 Å². The van der Waals surface area contributed by atoms with E-state index in [9.17, 15) is 22.4 Å². The van der Waals surface area contributed by atoms with Gasteiger partial charge in [-0.2, -0.15) is 0 Å². The van der Waals surface area contributed by atoms with Gasteiger partial charge in [0.1, 0.15) is 11.9 Å². The van der Waals surface area contributed by atoms with E-state index in [-0.39, 0.29) is 50.2 Å². The molecular weight excluding hydrogens is 541 g/mol. The second-order valence-corrected chi connectivity index (χ2v) is 12.6. The molecule has 9 heteroatoms. The van der Waals surface area contributed by atoms with Gasteiger partial charge < -0.3 is 10.2 Å². The van der Waals surface area contributed by atoms with E-state index in [1.54, 1.807) is 18.2 Å². The van der Waals surface area contributed by atoms with Gasteiger partial charge >= 0.3 is 0 Å². The Morgan fingerprint density at radius 1 is 0.951 bits per heavy atom. The molecule has 7 nitrogen and oxygen atoms in total. The van der Waals surface area contributed by atoms with Crippen molar-refractivity contribution in [2.75, 3.05) is 17.1 Å². The molecule has 1 N–H and O–H groups in total. The molecule has 3 aromatic carbocycles. The molecule has 0 aliphatic carbocycles. The number of rotatable bonds is 13. The maximum absolute atomic E-state index is 14.8. The summed E-state index contributed by atoms with van der Waals surface area (Å²) in [5.41, 5.74) is 3.46. The molecule has 0 bridgehead atoms. The third kappa shape index (κ3) is 9.14. The summed E-state index contributed by atoms with van der Waals surface area (Å²) in [6, 6.07) is 20.1. The molecule has 3 aromatic rings. The topological polar surface area (TPSA) is 86.8 Å². The highest BCUT2D eigenvalue weighted by atomic mass is 32.2. The second kappa shape index (κ2) is 14.3. The fraction of sp³-hybridized carbons (Fsp3) is 0.375. The van der Waals surface area contributed by atoms with Crippen LogP contribution in [0.5, 0.6) is 0 Å². The van der Waals surface area contributed by atoms with Crippen molar-refractivity contribution in [3.05, 3.63) is 101 Å². The molecule has 0 aliphatic heterocycles. The smallest absolute Gasteiger partial charge is 0.243 e. The quantitative estimate of drug-likeness (QED) is 0.302. The van der Waals surface area contributed by atoms with Crippen molar-refractivity contribution in [2.45, 2.75) is 65.6 Å². The third-order valence-electron chi connectivity index (χ3n) is 6.79. The Morgan fingerprint density at radius 3 is 2.24 bits per heavy atom. The van der Waals surface area contributed by atoms with Gasteiger partial charge in [-0.05, 0) is 62.9 Å². The van der Waals surface area contributed by atoms with Crippen LogP contribution in [0.4, 0.5) is 10.1 Å². The summed E-state index contributed by atoms with van der Waals surface area (Å²) in [6.07, 6.45) is 1.59. The first-order chi connectivity index (χ1) is 19.4. The normalized spacial score (nSPS) is 12.2. The highest BCUT2D eigenvalue weighted by Crippen LogP contribution is 2.25. The second-order valence-electron chi connectivity index (χ2n) is 10.7. The fourth-order valence-corrected chi connectivity index (χ4v) is 5.73. The van der Waals surface area contributed by atoms with Crippen molar-refractivity contribution in [1.29, 1.82) is 0 Å². The van der Waals surface area contributed by atoms with Gasteiger partial charge in [-0.1, -0.05) is 60.7 Å².